The SMILES string of the molecule is CCC(CC)(CN(C)C1CCCCCCC1)C(N)O. The van der Waals surface area contributed by atoms with Crippen molar-refractivity contribution >= 4 is 0 Å². The molecule has 1 atom stereocenters. The van der Waals surface area contributed by atoms with Crippen LogP contribution in [0.5, 0.6) is 0 Å². The maximum atomic E-state index is 9.96. The van der Waals surface area contributed by atoms with Crippen LogP contribution in [-0.4, -0.2) is 35.9 Å². The zero-order chi connectivity index (χ0) is 14.3. The van der Waals surface area contributed by atoms with E-state index in [1.807, 2.05) is 0 Å². The molecule has 1 aliphatic carbocycles. The largest absolute Gasteiger partial charge is 0.378 e. The van der Waals surface area contributed by atoms with Crippen molar-refractivity contribution in [2.24, 2.45) is 11.1 Å². The highest BCUT2D eigenvalue weighted by molar-refractivity contribution is 4.86. The van der Waals surface area contributed by atoms with Gasteiger partial charge in [0.1, 0.15) is 6.23 Å². The number of hydrogen-bond donors (Lipinski definition) is 2. The molecule has 3 nitrogen and oxygen atoms in total. The summed E-state index contributed by atoms with van der Waals surface area (Å²) >= 11 is 0. The van der Waals surface area contributed by atoms with Crippen LogP contribution in [0.15, 0.2) is 0 Å². The molecule has 1 aliphatic rings. The molecule has 0 aliphatic heterocycles. The van der Waals surface area contributed by atoms with Gasteiger partial charge in [-0.2, -0.15) is 0 Å². The predicted octanol–water partition coefficient (Wildman–Crippen LogP) is 3.11. The van der Waals surface area contributed by atoms with Crippen molar-refractivity contribution in [2.45, 2.75) is 83.9 Å². The molecule has 0 bridgehead atoms. The van der Waals surface area contributed by atoms with Crippen molar-refractivity contribution in [1.29, 1.82) is 0 Å². The van der Waals surface area contributed by atoms with Gasteiger partial charge in [-0.3, -0.25) is 0 Å². The maximum absolute atomic E-state index is 9.96. The van der Waals surface area contributed by atoms with Crippen LogP contribution in [0.25, 0.3) is 0 Å². The van der Waals surface area contributed by atoms with Gasteiger partial charge in [-0.05, 0) is 32.7 Å². The van der Waals surface area contributed by atoms with E-state index in [0.29, 0.717) is 6.04 Å². The lowest BCUT2D eigenvalue weighted by Crippen LogP contribution is -2.50. The van der Waals surface area contributed by atoms with Crippen LogP contribution >= 0.6 is 0 Å². The molecule has 1 fully saturated rings. The molecule has 19 heavy (non-hydrogen) atoms. The van der Waals surface area contributed by atoms with Crippen LogP contribution in [-0.2, 0) is 0 Å². The Bertz CT molecular complexity index is 231. The Labute approximate surface area is 119 Å². The Morgan fingerprint density at radius 3 is 2.00 bits per heavy atom. The average molecular weight is 270 g/mol. The van der Waals surface area contributed by atoms with Gasteiger partial charge in [-0.1, -0.05) is 46.0 Å². The van der Waals surface area contributed by atoms with Gasteiger partial charge in [-0.25, -0.2) is 0 Å². The Morgan fingerprint density at radius 2 is 1.58 bits per heavy atom. The summed E-state index contributed by atoms with van der Waals surface area (Å²) in [6.45, 7) is 5.21. The van der Waals surface area contributed by atoms with Gasteiger partial charge >= 0.3 is 0 Å². The number of nitrogens with two attached hydrogens (primary N) is 1. The lowest BCUT2D eigenvalue weighted by atomic mass is 9.79. The third kappa shape index (κ3) is 4.73. The average Bonchev–Trinajstić information content (AvgIpc) is 2.35. The molecule has 0 spiro atoms. The first-order chi connectivity index (χ1) is 9.05. The molecule has 0 aromatic heterocycles. The molecular weight excluding hydrogens is 236 g/mol. The quantitative estimate of drug-likeness (QED) is 0.729. The minimum atomic E-state index is -0.710. The Morgan fingerprint density at radius 1 is 1.11 bits per heavy atom. The first-order valence-electron chi connectivity index (χ1n) is 8.19. The van der Waals surface area contributed by atoms with E-state index < -0.39 is 6.23 Å². The van der Waals surface area contributed by atoms with Crippen molar-refractivity contribution in [2.75, 3.05) is 13.6 Å². The normalized spacial score (nSPS) is 21.2. The molecule has 0 radical (unpaired) electrons. The summed E-state index contributed by atoms with van der Waals surface area (Å²) < 4.78 is 0. The van der Waals surface area contributed by atoms with Crippen molar-refractivity contribution in [3.63, 3.8) is 0 Å². The highest BCUT2D eigenvalue weighted by Gasteiger charge is 2.35. The number of rotatable bonds is 6. The van der Waals surface area contributed by atoms with E-state index in [2.05, 4.69) is 25.8 Å². The molecule has 1 unspecified atom stereocenters. The smallest absolute Gasteiger partial charge is 0.109 e. The number of aliphatic hydroxyl groups is 1. The van der Waals surface area contributed by atoms with Crippen LogP contribution < -0.4 is 5.73 Å². The monoisotopic (exact) mass is 270 g/mol. The first kappa shape index (κ1) is 16.9. The van der Waals surface area contributed by atoms with Crippen molar-refractivity contribution in [3.05, 3.63) is 0 Å². The molecule has 114 valence electrons. The number of aliphatic hydroxyl groups excluding tert-OH is 1. The minimum absolute atomic E-state index is 0.142. The van der Waals surface area contributed by atoms with E-state index in [0.717, 1.165) is 19.4 Å². The van der Waals surface area contributed by atoms with Crippen LogP contribution in [0.2, 0.25) is 0 Å². The van der Waals surface area contributed by atoms with E-state index in [9.17, 15) is 5.11 Å². The van der Waals surface area contributed by atoms with Gasteiger partial charge < -0.3 is 15.7 Å². The fourth-order valence-electron chi connectivity index (χ4n) is 3.49. The van der Waals surface area contributed by atoms with Crippen LogP contribution in [0.3, 0.4) is 0 Å². The molecule has 3 N–H and O–H groups in total. The Kier molecular flexibility index (Phi) is 7.33. The minimum Gasteiger partial charge on any atom is -0.378 e. The first-order valence-corrected chi connectivity index (χ1v) is 8.19. The molecular formula is C16H34N2O. The second-order valence-electron chi connectivity index (χ2n) is 6.43. The molecule has 0 aromatic rings. The number of hydrogen-bond acceptors (Lipinski definition) is 3. The van der Waals surface area contributed by atoms with Crippen LogP contribution in [0, 0.1) is 5.41 Å². The van der Waals surface area contributed by atoms with Crippen molar-refractivity contribution in [3.8, 4) is 0 Å². The second kappa shape index (κ2) is 8.23. The van der Waals surface area contributed by atoms with Gasteiger partial charge in [0.2, 0.25) is 0 Å². The van der Waals surface area contributed by atoms with E-state index in [1.165, 1.54) is 44.9 Å². The summed E-state index contributed by atoms with van der Waals surface area (Å²) in [6.07, 6.45) is 10.7. The zero-order valence-electron chi connectivity index (χ0n) is 13.2. The summed E-state index contributed by atoms with van der Waals surface area (Å²) in [4.78, 5) is 2.47. The summed E-state index contributed by atoms with van der Waals surface area (Å²) in [5.74, 6) is 0. The standard InChI is InChI=1S/C16H34N2O/c1-4-16(5-2,15(17)19)13-18(3)14-11-9-7-6-8-10-12-14/h14-15,19H,4-13,17H2,1-3H3. The fourth-order valence-corrected chi connectivity index (χ4v) is 3.49. The highest BCUT2D eigenvalue weighted by atomic mass is 16.3. The van der Waals surface area contributed by atoms with Gasteiger partial charge in [0.25, 0.3) is 0 Å². The fraction of sp³-hybridized carbons (Fsp3) is 1.00. The topological polar surface area (TPSA) is 49.5 Å². The van der Waals surface area contributed by atoms with Crippen molar-refractivity contribution < 1.29 is 5.11 Å². The van der Waals surface area contributed by atoms with E-state index in [4.69, 9.17) is 5.73 Å². The lowest BCUT2D eigenvalue weighted by Gasteiger charge is -2.41. The summed E-state index contributed by atoms with van der Waals surface area (Å²) in [7, 11) is 2.22. The molecule has 0 saturated heterocycles. The molecule has 0 heterocycles. The summed E-state index contributed by atoms with van der Waals surface area (Å²) in [6, 6.07) is 0.677. The van der Waals surface area contributed by atoms with Crippen molar-refractivity contribution in [1.82, 2.24) is 4.90 Å². The predicted molar refractivity (Wildman–Crippen MR) is 81.9 cm³/mol. The van der Waals surface area contributed by atoms with Gasteiger partial charge in [0.05, 0.1) is 0 Å². The van der Waals surface area contributed by atoms with Gasteiger partial charge in [-0.15, -0.1) is 0 Å². The number of nitrogens with zero attached hydrogens (tertiary/aromatic N) is 1. The molecule has 0 aromatic carbocycles. The third-order valence-electron chi connectivity index (χ3n) is 5.30. The van der Waals surface area contributed by atoms with Gasteiger partial charge in [0.15, 0.2) is 0 Å². The molecule has 1 saturated carbocycles. The molecule has 0 amide bonds. The maximum Gasteiger partial charge on any atom is 0.109 e. The molecule has 3 heteroatoms. The summed E-state index contributed by atoms with van der Waals surface area (Å²) in [5.41, 5.74) is 5.71. The van der Waals surface area contributed by atoms with Crippen LogP contribution in [0.4, 0.5) is 0 Å². The van der Waals surface area contributed by atoms with E-state index in [1.54, 1.807) is 0 Å². The third-order valence-corrected chi connectivity index (χ3v) is 5.30. The van der Waals surface area contributed by atoms with Gasteiger partial charge in [0, 0.05) is 18.0 Å². The van der Waals surface area contributed by atoms with E-state index in [-0.39, 0.29) is 5.41 Å². The van der Waals surface area contributed by atoms with Crippen LogP contribution in [0.1, 0.15) is 71.6 Å². The second-order valence-corrected chi connectivity index (χ2v) is 6.43. The highest BCUT2D eigenvalue weighted by Crippen LogP contribution is 2.31. The molecule has 1 rings (SSSR count). The Hall–Kier alpha value is -0.120. The zero-order valence-corrected chi connectivity index (χ0v) is 13.2. The van der Waals surface area contributed by atoms with E-state index >= 15 is 0 Å². The summed E-state index contributed by atoms with van der Waals surface area (Å²) in [5, 5.41) is 9.96. The lowest BCUT2D eigenvalue weighted by molar-refractivity contribution is -0.0110. The Balaban J connectivity index is 2.61.